The number of hydrogen-bond donors (Lipinski definition) is 1. The monoisotopic (exact) mass is 362 g/mol. The summed E-state index contributed by atoms with van der Waals surface area (Å²) in [6.45, 7) is 0. The van der Waals surface area contributed by atoms with E-state index in [1.807, 2.05) is 36.4 Å². The van der Waals surface area contributed by atoms with Gasteiger partial charge in [-0.1, -0.05) is 59.6 Å². The molecular weight excluding hydrogens is 347 g/mol. The van der Waals surface area contributed by atoms with E-state index in [0.29, 0.717) is 22.2 Å². The summed E-state index contributed by atoms with van der Waals surface area (Å²) in [7, 11) is 1.51. The highest BCUT2D eigenvalue weighted by Crippen LogP contribution is 2.21. The van der Waals surface area contributed by atoms with Crippen LogP contribution in [-0.4, -0.2) is 18.2 Å². The molecule has 0 aliphatic rings. The Morgan fingerprint density at radius 1 is 1.17 bits per heavy atom. The van der Waals surface area contributed by atoms with Crippen molar-refractivity contribution in [1.29, 1.82) is 0 Å². The van der Waals surface area contributed by atoms with Gasteiger partial charge in [-0.05, 0) is 35.4 Å². The molecule has 0 fully saturated rings. The second-order valence-corrected chi connectivity index (χ2v) is 5.81. The highest BCUT2D eigenvalue weighted by molar-refractivity contribution is 6.35. The maximum Gasteiger partial charge on any atom is 0.328 e. The van der Waals surface area contributed by atoms with Crippen LogP contribution >= 0.6 is 23.2 Å². The van der Waals surface area contributed by atoms with Crippen molar-refractivity contribution in [2.45, 2.75) is 6.42 Å². The Morgan fingerprint density at radius 2 is 1.92 bits per heavy atom. The first kappa shape index (κ1) is 18.1. The average molecular weight is 363 g/mol. The van der Waals surface area contributed by atoms with Crippen molar-refractivity contribution in [3.63, 3.8) is 0 Å². The second kappa shape index (κ2) is 8.57. The van der Waals surface area contributed by atoms with E-state index in [1.165, 1.54) is 13.2 Å². The number of rotatable bonds is 5. The number of halogens is 2. The number of carboxylic acid groups (broad SMARTS) is 1. The molecular formula is C19H16Cl2O3. The fourth-order valence-corrected chi connectivity index (χ4v) is 2.71. The van der Waals surface area contributed by atoms with Gasteiger partial charge in [-0.2, -0.15) is 0 Å². The van der Waals surface area contributed by atoms with Crippen LogP contribution in [0.3, 0.4) is 0 Å². The molecule has 5 heteroatoms. The zero-order valence-electron chi connectivity index (χ0n) is 13.0. The molecule has 3 nitrogen and oxygen atoms in total. The maximum atomic E-state index is 10.7. The maximum absolute atomic E-state index is 10.7. The minimum Gasteiger partial charge on any atom is -0.496 e. The van der Waals surface area contributed by atoms with Gasteiger partial charge in [0.05, 0.1) is 7.11 Å². The minimum atomic E-state index is -1.03. The lowest BCUT2D eigenvalue weighted by atomic mass is 10.1. The van der Waals surface area contributed by atoms with Crippen LogP contribution in [0.5, 0.6) is 0 Å². The molecule has 0 heterocycles. The third-order valence-corrected chi connectivity index (χ3v) is 3.97. The van der Waals surface area contributed by atoms with Crippen LogP contribution in [0.4, 0.5) is 0 Å². The molecule has 0 aliphatic carbocycles. The van der Waals surface area contributed by atoms with E-state index in [2.05, 4.69) is 0 Å². The molecule has 2 aromatic rings. The number of benzene rings is 2. The number of carbonyl (C=O) groups is 1. The first-order valence-electron chi connectivity index (χ1n) is 7.19. The summed E-state index contributed by atoms with van der Waals surface area (Å²) in [5, 5.41) is 11.7. The van der Waals surface area contributed by atoms with Gasteiger partial charge < -0.3 is 9.84 Å². The molecule has 2 rings (SSSR count). The normalized spacial score (nSPS) is 13.2. The van der Waals surface area contributed by atoms with Crippen molar-refractivity contribution in [1.82, 2.24) is 0 Å². The fraction of sp³-hybridized carbons (Fsp3) is 0.105. The number of ether oxygens (including phenoxy) is 1. The van der Waals surface area contributed by atoms with Crippen LogP contribution in [-0.2, 0) is 16.0 Å². The van der Waals surface area contributed by atoms with E-state index in [0.717, 1.165) is 22.1 Å². The molecule has 0 amide bonds. The van der Waals surface area contributed by atoms with Crippen LogP contribution in [0.2, 0.25) is 10.0 Å². The van der Waals surface area contributed by atoms with Crippen molar-refractivity contribution in [3.8, 4) is 0 Å². The molecule has 0 bridgehead atoms. The number of methoxy groups -OCH3 is 1. The first-order valence-corrected chi connectivity index (χ1v) is 7.95. The minimum absolute atomic E-state index is 0.478. The standard InChI is InChI=1S/C19H16Cl2O3/c1-24-18(10-11-19(22)23)16-5-3-2-4-13(16)6-7-14-8-9-15(20)12-17(14)21/h2-6,8-12H,7H2,1H3,(H,22,23)/b11-10+,13-6+,18-16-. The summed E-state index contributed by atoms with van der Waals surface area (Å²) < 4.78 is 5.32. The Morgan fingerprint density at radius 3 is 2.58 bits per heavy atom. The van der Waals surface area contributed by atoms with Gasteiger partial charge in [-0.3, -0.25) is 0 Å². The number of hydrogen-bond acceptors (Lipinski definition) is 2. The SMILES string of the molecule is COC(/C=C/C(=O)O)=c1/cccc/c1=C\Cc1ccc(Cl)cc1Cl. The van der Waals surface area contributed by atoms with Gasteiger partial charge in [0.1, 0.15) is 5.76 Å². The van der Waals surface area contributed by atoms with Crippen LogP contribution in [0.15, 0.2) is 54.6 Å². The van der Waals surface area contributed by atoms with Gasteiger partial charge in [-0.25, -0.2) is 4.79 Å². The molecule has 1 N–H and O–H groups in total. The van der Waals surface area contributed by atoms with E-state index >= 15 is 0 Å². The fourth-order valence-electron chi connectivity index (χ4n) is 2.22. The summed E-state index contributed by atoms with van der Waals surface area (Å²) in [5.74, 6) is -0.551. The highest BCUT2D eigenvalue weighted by atomic mass is 35.5. The largest absolute Gasteiger partial charge is 0.496 e. The van der Waals surface area contributed by atoms with E-state index in [1.54, 1.807) is 12.1 Å². The van der Waals surface area contributed by atoms with E-state index < -0.39 is 5.97 Å². The second-order valence-electron chi connectivity index (χ2n) is 4.97. The molecule has 124 valence electrons. The van der Waals surface area contributed by atoms with Crippen LogP contribution in [0.25, 0.3) is 11.8 Å². The lowest BCUT2D eigenvalue weighted by Gasteiger charge is -2.03. The van der Waals surface area contributed by atoms with Gasteiger partial charge >= 0.3 is 5.97 Å². The Bertz CT molecular complexity index is 886. The predicted octanol–water partition coefficient (Wildman–Crippen LogP) is 3.41. The van der Waals surface area contributed by atoms with Gasteiger partial charge in [0.2, 0.25) is 0 Å². The predicted molar refractivity (Wildman–Crippen MR) is 97.5 cm³/mol. The van der Waals surface area contributed by atoms with Crippen LogP contribution < -0.4 is 10.4 Å². The summed E-state index contributed by atoms with van der Waals surface area (Å²) in [6, 6.07) is 13.0. The Labute approximate surface area is 150 Å². The quantitative estimate of drug-likeness (QED) is 0.829. The Kier molecular flexibility index (Phi) is 6.47. The highest BCUT2D eigenvalue weighted by Gasteiger charge is 2.00. The molecule has 0 unspecified atom stereocenters. The number of carboxylic acids is 1. The molecule has 0 atom stereocenters. The summed E-state index contributed by atoms with van der Waals surface area (Å²) in [5.41, 5.74) is 0.955. The van der Waals surface area contributed by atoms with Gasteiger partial charge in [0.25, 0.3) is 0 Å². The third-order valence-electron chi connectivity index (χ3n) is 3.38. The Balaban J connectivity index is 2.49. The molecule has 2 aromatic carbocycles. The van der Waals surface area contributed by atoms with Gasteiger partial charge in [0.15, 0.2) is 0 Å². The molecule has 0 radical (unpaired) electrons. The van der Waals surface area contributed by atoms with Crippen molar-refractivity contribution in [2.75, 3.05) is 7.11 Å². The van der Waals surface area contributed by atoms with Crippen LogP contribution in [0.1, 0.15) is 5.56 Å². The van der Waals surface area contributed by atoms with Crippen LogP contribution in [0, 0.1) is 0 Å². The topological polar surface area (TPSA) is 46.5 Å². The smallest absolute Gasteiger partial charge is 0.328 e. The molecule has 0 saturated heterocycles. The van der Waals surface area contributed by atoms with Crippen molar-refractivity contribution in [2.24, 2.45) is 0 Å². The summed E-state index contributed by atoms with van der Waals surface area (Å²) in [4.78, 5) is 10.7. The van der Waals surface area contributed by atoms with E-state index in [-0.39, 0.29) is 0 Å². The van der Waals surface area contributed by atoms with Crippen molar-refractivity contribution in [3.05, 3.63) is 80.7 Å². The average Bonchev–Trinajstić information content (AvgIpc) is 2.55. The third kappa shape index (κ3) is 4.88. The summed E-state index contributed by atoms with van der Waals surface area (Å²) >= 11 is 12.1. The van der Waals surface area contributed by atoms with Crippen molar-refractivity contribution < 1.29 is 14.6 Å². The van der Waals surface area contributed by atoms with Crippen molar-refractivity contribution >= 4 is 41.0 Å². The zero-order valence-corrected chi connectivity index (χ0v) is 14.5. The summed E-state index contributed by atoms with van der Waals surface area (Å²) in [6.07, 6.45) is 5.11. The molecule has 0 saturated carbocycles. The zero-order chi connectivity index (χ0) is 17.5. The van der Waals surface area contributed by atoms with E-state index in [4.69, 9.17) is 33.0 Å². The van der Waals surface area contributed by atoms with Gasteiger partial charge in [-0.15, -0.1) is 0 Å². The van der Waals surface area contributed by atoms with E-state index in [9.17, 15) is 4.79 Å². The number of aliphatic carboxylic acids is 1. The first-order chi connectivity index (χ1) is 11.5. The lowest BCUT2D eigenvalue weighted by Crippen LogP contribution is -2.27. The van der Waals surface area contributed by atoms with Gasteiger partial charge in [0, 0.05) is 21.3 Å². The molecule has 0 aromatic heterocycles. The molecule has 0 spiro atoms. The lowest BCUT2D eigenvalue weighted by molar-refractivity contribution is -0.131. The molecule has 24 heavy (non-hydrogen) atoms. The Hall–Kier alpha value is -2.23. The molecule has 0 aliphatic heterocycles.